The van der Waals surface area contributed by atoms with Crippen LogP contribution in [0.1, 0.15) is 34.3 Å². The van der Waals surface area contributed by atoms with E-state index in [1.807, 2.05) is 50.2 Å². The molecule has 0 saturated carbocycles. The summed E-state index contributed by atoms with van der Waals surface area (Å²) in [4.78, 5) is 0. The molecule has 0 aliphatic heterocycles. The first kappa shape index (κ1) is 15.0. The number of rotatable bonds is 4. The summed E-state index contributed by atoms with van der Waals surface area (Å²) in [5, 5.41) is 11.3. The van der Waals surface area contributed by atoms with Gasteiger partial charge in [0.2, 0.25) is 0 Å². The Morgan fingerprint density at radius 3 is 2.45 bits per heavy atom. The third kappa shape index (κ3) is 3.21. The van der Waals surface area contributed by atoms with Gasteiger partial charge >= 0.3 is 0 Å². The lowest BCUT2D eigenvalue weighted by atomic mass is 9.86. The zero-order chi connectivity index (χ0) is 14.7. The standard InChI is InChI=1S/C17H20ClNO/c1-11-7-13(9-14(18)8-11)17(20)16(10-19)15-6-4-3-5-12(15)2/h3-9,16-17,20H,10,19H2,1-2H3. The van der Waals surface area contributed by atoms with E-state index in [4.69, 9.17) is 17.3 Å². The Kier molecular flexibility index (Phi) is 4.81. The van der Waals surface area contributed by atoms with Gasteiger partial charge in [0.25, 0.3) is 0 Å². The maximum Gasteiger partial charge on any atom is 0.0871 e. The molecule has 0 fully saturated rings. The number of aliphatic hydroxyl groups excluding tert-OH is 1. The number of halogens is 1. The fourth-order valence-corrected chi connectivity index (χ4v) is 2.89. The van der Waals surface area contributed by atoms with Crippen LogP contribution in [-0.2, 0) is 0 Å². The Labute approximate surface area is 125 Å². The molecule has 0 aromatic heterocycles. The van der Waals surface area contributed by atoms with Gasteiger partial charge in [-0.2, -0.15) is 0 Å². The molecule has 0 aliphatic rings. The molecule has 20 heavy (non-hydrogen) atoms. The predicted molar refractivity (Wildman–Crippen MR) is 84.1 cm³/mol. The molecule has 106 valence electrons. The van der Waals surface area contributed by atoms with E-state index in [1.165, 1.54) is 0 Å². The van der Waals surface area contributed by atoms with Gasteiger partial charge in [0.15, 0.2) is 0 Å². The van der Waals surface area contributed by atoms with Gasteiger partial charge in [0.05, 0.1) is 6.10 Å². The molecule has 2 aromatic carbocycles. The summed E-state index contributed by atoms with van der Waals surface area (Å²) in [6, 6.07) is 13.7. The van der Waals surface area contributed by atoms with Crippen molar-refractivity contribution in [3.05, 3.63) is 69.7 Å². The van der Waals surface area contributed by atoms with Crippen LogP contribution < -0.4 is 5.73 Å². The van der Waals surface area contributed by atoms with Gasteiger partial charge in [-0.05, 0) is 48.2 Å². The molecule has 2 unspecified atom stereocenters. The van der Waals surface area contributed by atoms with Crippen molar-refractivity contribution in [3.63, 3.8) is 0 Å². The highest BCUT2D eigenvalue weighted by Crippen LogP contribution is 2.33. The zero-order valence-electron chi connectivity index (χ0n) is 11.8. The van der Waals surface area contributed by atoms with Crippen LogP contribution in [0.3, 0.4) is 0 Å². The molecule has 0 radical (unpaired) electrons. The van der Waals surface area contributed by atoms with E-state index in [0.29, 0.717) is 11.6 Å². The molecule has 0 saturated heterocycles. The minimum atomic E-state index is -0.654. The van der Waals surface area contributed by atoms with E-state index in [2.05, 4.69) is 0 Å². The number of nitrogens with two attached hydrogens (primary N) is 1. The van der Waals surface area contributed by atoms with Crippen molar-refractivity contribution in [3.8, 4) is 0 Å². The molecular weight excluding hydrogens is 270 g/mol. The van der Waals surface area contributed by atoms with Gasteiger partial charge in [0.1, 0.15) is 0 Å². The predicted octanol–water partition coefficient (Wildman–Crippen LogP) is 3.73. The Bertz CT molecular complexity index is 577. The van der Waals surface area contributed by atoms with Crippen molar-refractivity contribution in [2.45, 2.75) is 25.9 Å². The SMILES string of the molecule is Cc1cc(Cl)cc(C(O)C(CN)c2ccccc2C)c1. The highest BCUT2D eigenvalue weighted by molar-refractivity contribution is 6.30. The second-order valence-corrected chi connectivity index (χ2v) is 5.64. The summed E-state index contributed by atoms with van der Waals surface area (Å²) in [6.07, 6.45) is -0.654. The molecule has 3 heteroatoms. The van der Waals surface area contributed by atoms with E-state index < -0.39 is 6.10 Å². The van der Waals surface area contributed by atoms with E-state index in [0.717, 1.165) is 22.3 Å². The normalized spacial score (nSPS) is 14.1. The topological polar surface area (TPSA) is 46.2 Å². The van der Waals surface area contributed by atoms with Crippen molar-refractivity contribution < 1.29 is 5.11 Å². The van der Waals surface area contributed by atoms with Crippen LogP contribution in [0.25, 0.3) is 0 Å². The maximum atomic E-state index is 10.7. The molecular formula is C17H20ClNO. The summed E-state index contributed by atoms with van der Waals surface area (Å²) in [5.74, 6) is -0.130. The van der Waals surface area contributed by atoms with Crippen LogP contribution in [0.5, 0.6) is 0 Å². The molecule has 2 rings (SSSR count). The van der Waals surface area contributed by atoms with Gasteiger partial charge in [-0.1, -0.05) is 41.9 Å². The maximum absolute atomic E-state index is 10.7. The number of hydrogen-bond donors (Lipinski definition) is 2. The summed E-state index contributed by atoms with van der Waals surface area (Å²) >= 11 is 6.08. The Morgan fingerprint density at radius 2 is 1.85 bits per heavy atom. The molecule has 3 N–H and O–H groups in total. The molecule has 0 bridgehead atoms. The smallest absolute Gasteiger partial charge is 0.0871 e. The van der Waals surface area contributed by atoms with Gasteiger partial charge in [0, 0.05) is 17.5 Å². The molecule has 2 nitrogen and oxygen atoms in total. The van der Waals surface area contributed by atoms with Crippen LogP contribution in [-0.4, -0.2) is 11.7 Å². The largest absolute Gasteiger partial charge is 0.388 e. The lowest BCUT2D eigenvalue weighted by Gasteiger charge is -2.24. The van der Waals surface area contributed by atoms with Crippen LogP contribution in [0.2, 0.25) is 5.02 Å². The number of benzene rings is 2. The minimum Gasteiger partial charge on any atom is -0.388 e. The van der Waals surface area contributed by atoms with Crippen LogP contribution >= 0.6 is 11.6 Å². The second kappa shape index (κ2) is 6.40. The van der Waals surface area contributed by atoms with Crippen LogP contribution in [0.15, 0.2) is 42.5 Å². The molecule has 0 amide bonds. The van der Waals surface area contributed by atoms with Crippen LogP contribution in [0, 0.1) is 13.8 Å². The van der Waals surface area contributed by atoms with E-state index in [1.54, 1.807) is 6.07 Å². The van der Waals surface area contributed by atoms with E-state index in [-0.39, 0.29) is 5.92 Å². The van der Waals surface area contributed by atoms with Crippen molar-refractivity contribution in [2.75, 3.05) is 6.54 Å². The van der Waals surface area contributed by atoms with Gasteiger partial charge in [-0.15, -0.1) is 0 Å². The van der Waals surface area contributed by atoms with E-state index in [9.17, 15) is 5.11 Å². The minimum absolute atomic E-state index is 0.130. The molecule has 2 atom stereocenters. The first-order chi connectivity index (χ1) is 9.52. The van der Waals surface area contributed by atoms with Crippen LogP contribution in [0.4, 0.5) is 0 Å². The van der Waals surface area contributed by atoms with Crippen molar-refractivity contribution in [1.82, 2.24) is 0 Å². The third-order valence-electron chi connectivity index (χ3n) is 3.63. The Balaban J connectivity index is 2.39. The quantitative estimate of drug-likeness (QED) is 0.901. The molecule has 0 spiro atoms. The van der Waals surface area contributed by atoms with E-state index >= 15 is 0 Å². The van der Waals surface area contributed by atoms with Gasteiger partial charge < -0.3 is 10.8 Å². The summed E-state index contributed by atoms with van der Waals surface area (Å²) in [6.45, 7) is 4.39. The molecule has 2 aromatic rings. The van der Waals surface area contributed by atoms with Crippen molar-refractivity contribution >= 4 is 11.6 Å². The highest BCUT2D eigenvalue weighted by Gasteiger charge is 2.23. The average molecular weight is 290 g/mol. The fourth-order valence-electron chi connectivity index (χ4n) is 2.60. The number of aryl methyl sites for hydroxylation is 2. The number of hydrogen-bond acceptors (Lipinski definition) is 2. The van der Waals surface area contributed by atoms with Crippen molar-refractivity contribution in [2.24, 2.45) is 5.73 Å². The molecule has 0 aliphatic carbocycles. The molecule has 0 heterocycles. The summed E-state index contributed by atoms with van der Waals surface area (Å²) in [5.41, 5.74) is 9.97. The zero-order valence-corrected chi connectivity index (χ0v) is 12.6. The third-order valence-corrected chi connectivity index (χ3v) is 3.85. The highest BCUT2D eigenvalue weighted by atomic mass is 35.5. The number of aliphatic hydroxyl groups is 1. The summed E-state index contributed by atoms with van der Waals surface area (Å²) < 4.78 is 0. The lowest BCUT2D eigenvalue weighted by Crippen LogP contribution is -2.21. The van der Waals surface area contributed by atoms with Crippen molar-refractivity contribution in [1.29, 1.82) is 0 Å². The second-order valence-electron chi connectivity index (χ2n) is 5.21. The first-order valence-electron chi connectivity index (χ1n) is 6.73. The fraction of sp³-hybridized carbons (Fsp3) is 0.294. The van der Waals surface area contributed by atoms with Gasteiger partial charge in [-0.25, -0.2) is 0 Å². The van der Waals surface area contributed by atoms with Gasteiger partial charge in [-0.3, -0.25) is 0 Å². The Hall–Kier alpha value is -1.35. The monoisotopic (exact) mass is 289 g/mol. The lowest BCUT2D eigenvalue weighted by molar-refractivity contribution is 0.147. The average Bonchev–Trinajstić information content (AvgIpc) is 2.40. The Morgan fingerprint density at radius 1 is 1.15 bits per heavy atom. The summed E-state index contributed by atoms with van der Waals surface area (Å²) in [7, 11) is 0. The first-order valence-corrected chi connectivity index (χ1v) is 7.11.